The molecule has 0 aromatic carbocycles. The zero-order valence-corrected chi connectivity index (χ0v) is 10.2. The van der Waals surface area contributed by atoms with Crippen LogP contribution in [0.15, 0.2) is 0 Å². The first kappa shape index (κ1) is 16.2. The maximum Gasteiger partial charge on any atom is 0.415 e. The van der Waals surface area contributed by atoms with Gasteiger partial charge in [0.2, 0.25) is 0 Å². The topological polar surface area (TPSA) is 69.6 Å². The Kier molecular flexibility index (Phi) is 4.58. The van der Waals surface area contributed by atoms with Crippen LogP contribution in [0.25, 0.3) is 0 Å². The van der Waals surface area contributed by atoms with Crippen molar-refractivity contribution < 1.29 is 28.2 Å². The fourth-order valence-corrected chi connectivity index (χ4v) is 0.956. The lowest BCUT2D eigenvalue weighted by atomic mass is 9.74. The highest BCUT2D eigenvalue weighted by Gasteiger charge is 2.45. The van der Waals surface area contributed by atoms with Crippen molar-refractivity contribution in [3.8, 4) is 0 Å². The van der Waals surface area contributed by atoms with Gasteiger partial charge in [0.05, 0.1) is 5.41 Å². The Hall–Kier alpha value is -0.820. The molecule has 0 bridgehead atoms. The number of rotatable bonds is 5. The number of nitrogens with one attached hydrogen (secondary N) is 1. The molecule has 7 heteroatoms. The van der Waals surface area contributed by atoms with Gasteiger partial charge in [0.25, 0.3) is 0 Å². The summed E-state index contributed by atoms with van der Waals surface area (Å²) in [7, 11) is 0. The van der Waals surface area contributed by atoms with Gasteiger partial charge in [0.1, 0.15) is 0 Å². The molecule has 102 valence electrons. The zero-order chi connectivity index (χ0) is 14.1. The van der Waals surface area contributed by atoms with E-state index in [4.69, 9.17) is 10.2 Å². The van der Waals surface area contributed by atoms with Crippen molar-refractivity contribution in [3.05, 3.63) is 0 Å². The third-order valence-corrected chi connectivity index (χ3v) is 3.21. The lowest BCUT2D eigenvalue weighted by Gasteiger charge is -2.39. The van der Waals surface area contributed by atoms with Gasteiger partial charge >= 0.3 is 12.1 Å². The fraction of sp³-hybridized carbons (Fsp3) is 0.900. The molecule has 0 aliphatic heterocycles. The SMILES string of the molecule is CC(C)(NCC(O)C(F)(F)F)C(C)(C)C(=O)O. The summed E-state index contributed by atoms with van der Waals surface area (Å²) in [5.74, 6) is -1.13. The number of aliphatic hydroxyl groups excluding tert-OH is 1. The molecule has 0 saturated heterocycles. The standard InChI is InChI=1S/C10H18F3NO3/c1-8(2,7(16)17)9(3,4)14-5-6(15)10(11,12)13/h6,14-15H,5H2,1-4H3,(H,16,17). The molecule has 0 rings (SSSR count). The highest BCUT2D eigenvalue weighted by atomic mass is 19.4. The third kappa shape index (κ3) is 3.85. The molecule has 1 unspecified atom stereocenters. The average molecular weight is 257 g/mol. The van der Waals surface area contributed by atoms with Crippen LogP contribution in [-0.4, -0.2) is 40.5 Å². The van der Waals surface area contributed by atoms with Crippen LogP contribution in [0.1, 0.15) is 27.7 Å². The quantitative estimate of drug-likeness (QED) is 0.696. The average Bonchev–Trinajstić information content (AvgIpc) is 2.12. The minimum absolute atomic E-state index is 0.743. The van der Waals surface area contributed by atoms with Gasteiger partial charge in [-0.15, -0.1) is 0 Å². The van der Waals surface area contributed by atoms with Crippen LogP contribution in [-0.2, 0) is 4.79 Å². The first-order valence-electron chi connectivity index (χ1n) is 5.05. The van der Waals surface area contributed by atoms with Crippen molar-refractivity contribution in [1.82, 2.24) is 5.32 Å². The number of alkyl halides is 3. The van der Waals surface area contributed by atoms with Gasteiger partial charge in [0.15, 0.2) is 6.10 Å². The minimum atomic E-state index is -4.71. The Morgan fingerprint density at radius 2 is 1.65 bits per heavy atom. The summed E-state index contributed by atoms with van der Waals surface area (Å²) in [6.07, 6.45) is -7.22. The van der Waals surface area contributed by atoms with E-state index in [1.54, 1.807) is 0 Å². The van der Waals surface area contributed by atoms with E-state index in [2.05, 4.69) is 5.32 Å². The number of hydrogen-bond donors (Lipinski definition) is 3. The normalized spacial score (nSPS) is 15.8. The Balaban J connectivity index is 4.63. The number of carboxylic acids is 1. The summed E-state index contributed by atoms with van der Waals surface area (Å²) >= 11 is 0. The number of hydrogen-bond acceptors (Lipinski definition) is 3. The molecule has 1 atom stereocenters. The summed E-state index contributed by atoms with van der Waals surface area (Å²) in [6.45, 7) is 5.02. The number of halogens is 3. The molecule has 0 aliphatic rings. The highest BCUT2D eigenvalue weighted by Crippen LogP contribution is 2.31. The molecule has 0 amide bonds. The monoisotopic (exact) mass is 257 g/mol. The molecular weight excluding hydrogens is 239 g/mol. The number of aliphatic carboxylic acids is 1. The minimum Gasteiger partial charge on any atom is -0.481 e. The summed E-state index contributed by atoms with van der Waals surface area (Å²) < 4.78 is 36.2. The van der Waals surface area contributed by atoms with E-state index >= 15 is 0 Å². The summed E-state index contributed by atoms with van der Waals surface area (Å²) in [5, 5.41) is 20.2. The predicted molar refractivity (Wildman–Crippen MR) is 55.6 cm³/mol. The van der Waals surface area contributed by atoms with Crippen LogP contribution in [0.5, 0.6) is 0 Å². The molecule has 4 nitrogen and oxygen atoms in total. The summed E-state index contributed by atoms with van der Waals surface area (Å²) in [6, 6.07) is 0. The molecule has 0 aromatic rings. The maximum absolute atomic E-state index is 12.1. The summed E-state index contributed by atoms with van der Waals surface area (Å²) in [5.41, 5.74) is -2.36. The largest absolute Gasteiger partial charge is 0.481 e. The predicted octanol–water partition coefficient (Wildman–Crippen LogP) is 1.39. The van der Waals surface area contributed by atoms with Crippen molar-refractivity contribution in [1.29, 1.82) is 0 Å². The van der Waals surface area contributed by atoms with Crippen molar-refractivity contribution in [2.75, 3.05) is 6.54 Å². The Bertz CT molecular complexity index is 287. The fourth-order valence-electron chi connectivity index (χ4n) is 0.956. The summed E-state index contributed by atoms with van der Waals surface area (Å²) in [4.78, 5) is 11.0. The van der Waals surface area contributed by atoms with Crippen LogP contribution in [0, 0.1) is 5.41 Å². The van der Waals surface area contributed by atoms with E-state index in [1.165, 1.54) is 27.7 Å². The molecule has 0 aromatic heterocycles. The number of carboxylic acid groups (broad SMARTS) is 1. The van der Waals surface area contributed by atoms with Gasteiger partial charge in [-0.1, -0.05) is 0 Å². The van der Waals surface area contributed by atoms with Gasteiger partial charge in [-0.3, -0.25) is 4.79 Å². The second kappa shape index (κ2) is 4.81. The van der Waals surface area contributed by atoms with E-state index in [9.17, 15) is 18.0 Å². The van der Waals surface area contributed by atoms with E-state index in [-0.39, 0.29) is 0 Å². The molecule has 0 spiro atoms. The van der Waals surface area contributed by atoms with Crippen molar-refractivity contribution >= 4 is 5.97 Å². The molecule has 0 radical (unpaired) electrons. The van der Waals surface area contributed by atoms with Crippen molar-refractivity contribution in [2.45, 2.75) is 45.5 Å². The Morgan fingerprint density at radius 1 is 1.24 bits per heavy atom. The molecule has 0 heterocycles. The lowest BCUT2D eigenvalue weighted by Crippen LogP contribution is -2.57. The third-order valence-electron chi connectivity index (χ3n) is 3.21. The number of β-amino-alcohol motifs (C(OH)–C–C–N with tert-alkyl or cyclic N) is 1. The molecule has 17 heavy (non-hydrogen) atoms. The van der Waals surface area contributed by atoms with Gasteiger partial charge in [-0.05, 0) is 27.7 Å². The molecule has 0 fully saturated rings. The molecular formula is C10H18F3NO3. The Labute approximate surface area is 97.8 Å². The molecule has 0 saturated carbocycles. The van der Waals surface area contributed by atoms with Crippen LogP contribution >= 0.6 is 0 Å². The first-order valence-corrected chi connectivity index (χ1v) is 5.05. The van der Waals surface area contributed by atoms with Gasteiger partial charge in [0, 0.05) is 12.1 Å². The van der Waals surface area contributed by atoms with Gasteiger partial charge < -0.3 is 15.5 Å². The lowest BCUT2D eigenvalue weighted by molar-refractivity contribution is -0.203. The van der Waals surface area contributed by atoms with Crippen LogP contribution < -0.4 is 5.32 Å². The van der Waals surface area contributed by atoms with E-state index in [0.29, 0.717) is 0 Å². The second-order valence-electron chi connectivity index (χ2n) is 4.99. The van der Waals surface area contributed by atoms with Gasteiger partial charge in [-0.25, -0.2) is 0 Å². The first-order chi connectivity index (χ1) is 7.32. The maximum atomic E-state index is 12.1. The van der Waals surface area contributed by atoms with Crippen LogP contribution in [0.3, 0.4) is 0 Å². The van der Waals surface area contributed by atoms with E-state index < -0.39 is 35.7 Å². The highest BCUT2D eigenvalue weighted by molar-refractivity contribution is 5.75. The van der Waals surface area contributed by atoms with Crippen molar-refractivity contribution in [3.63, 3.8) is 0 Å². The molecule has 3 N–H and O–H groups in total. The van der Waals surface area contributed by atoms with Crippen LogP contribution in [0.4, 0.5) is 13.2 Å². The number of aliphatic hydroxyl groups is 1. The van der Waals surface area contributed by atoms with Crippen molar-refractivity contribution in [2.24, 2.45) is 5.41 Å². The Morgan fingerprint density at radius 3 is 1.94 bits per heavy atom. The molecule has 0 aliphatic carbocycles. The second-order valence-corrected chi connectivity index (χ2v) is 4.99. The van der Waals surface area contributed by atoms with Gasteiger partial charge in [-0.2, -0.15) is 13.2 Å². The van der Waals surface area contributed by atoms with Crippen LogP contribution in [0.2, 0.25) is 0 Å². The zero-order valence-electron chi connectivity index (χ0n) is 10.2. The number of carbonyl (C=O) groups is 1. The smallest absolute Gasteiger partial charge is 0.415 e. The van der Waals surface area contributed by atoms with E-state index in [1.807, 2.05) is 0 Å². The van der Waals surface area contributed by atoms with E-state index in [0.717, 1.165) is 0 Å².